The highest BCUT2D eigenvalue weighted by Crippen LogP contribution is 2.29. The number of halogens is 1. The van der Waals surface area contributed by atoms with E-state index in [0.29, 0.717) is 5.02 Å². The number of aryl methyl sites for hydroxylation is 1. The molecule has 0 radical (unpaired) electrons. The second-order valence-electron chi connectivity index (χ2n) is 4.22. The van der Waals surface area contributed by atoms with Crippen LogP contribution in [0.15, 0.2) is 42.5 Å². The topological polar surface area (TPSA) is 35.2 Å². The minimum Gasteiger partial charge on any atom is -0.497 e. The van der Waals surface area contributed by atoms with Gasteiger partial charge in [-0.05, 0) is 41.8 Å². The smallest absolute Gasteiger partial charge is 0.119 e. The van der Waals surface area contributed by atoms with Gasteiger partial charge in [0.25, 0.3) is 0 Å². The highest BCUT2D eigenvalue weighted by Gasteiger charge is 2.14. The Labute approximate surface area is 112 Å². The summed E-state index contributed by atoms with van der Waals surface area (Å²) in [5.74, 6) is 0.836. The molecule has 2 aromatic rings. The molecular weight excluding hydrogens is 246 g/mol. The maximum atomic E-state index is 6.28. The van der Waals surface area contributed by atoms with Gasteiger partial charge in [-0.3, -0.25) is 0 Å². The molecule has 0 spiro atoms. The number of hydrogen-bond donors (Lipinski definition) is 1. The highest BCUT2D eigenvalue weighted by molar-refractivity contribution is 6.31. The van der Waals surface area contributed by atoms with Crippen LogP contribution in [0.25, 0.3) is 0 Å². The fourth-order valence-corrected chi connectivity index (χ4v) is 2.27. The lowest BCUT2D eigenvalue weighted by atomic mass is 9.95. The first-order valence-electron chi connectivity index (χ1n) is 5.78. The second-order valence-corrected chi connectivity index (χ2v) is 4.63. The zero-order valence-electron chi connectivity index (χ0n) is 10.5. The van der Waals surface area contributed by atoms with Crippen LogP contribution >= 0.6 is 11.6 Å². The number of ether oxygens (including phenoxy) is 1. The van der Waals surface area contributed by atoms with E-state index in [1.54, 1.807) is 7.11 Å². The Morgan fingerprint density at radius 1 is 1.11 bits per heavy atom. The summed E-state index contributed by atoms with van der Waals surface area (Å²) >= 11 is 6.18. The van der Waals surface area contributed by atoms with E-state index in [4.69, 9.17) is 22.1 Å². The minimum atomic E-state index is -0.218. The quantitative estimate of drug-likeness (QED) is 0.914. The van der Waals surface area contributed by atoms with Crippen molar-refractivity contribution in [1.29, 1.82) is 0 Å². The van der Waals surface area contributed by atoms with Crippen molar-refractivity contribution in [3.05, 3.63) is 64.2 Å². The van der Waals surface area contributed by atoms with Gasteiger partial charge in [0.2, 0.25) is 0 Å². The van der Waals surface area contributed by atoms with Crippen LogP contribution in [-0.4, -0.2) is 7.11 Å². The Morgan fingerprint density at radius 2 is 1.83 bits per heavy atom. The standard InChI is InChI=1S/C15H16ClNO/c1-10-9-11(18-2)7-8-12(10)15(17)13-5-3-4-6-14(13)16/h3-9,15H,17H2,1-2H3. The van der Waals surface area contributed by atoms with Crippen LogP contribution < -0.4 is 10.5 Å². The minimum absolute atomic E-state index is 0.218. The molecule has 0 aromatic heterocycles. The molecule has 2 aromatic carbocycles. The Kier molecular flexibility index (Phi) is 3.90. The first-order chi connectivity index (χ1) is 8.63. The summed E-state index contributed by atoms with van der Waals surface area (Å²) in [6.07, 6.45) is 0. The highest BCUT2D eigenvalue weighted by atomic mass is 35.5. The Morgan fingerprint density at radius 3 is 2.44 bits per heavy atom. The van der Waals surface area contributed by atoms with E-state index in [9.17, 15) is 0 Å². The average molecular weight is 262 g/mol. The van der Waals surface area contributed by atoms with Gasteiger partial charge in [0.15, 0.2) is 0 Å². The van der Waals surface area contributed by atoms with Gasteiger partial charge in [-0.15, -0.1) is 0 Å². The largest absolute Gasteiger partial charge is 0.497 e. The third kappa shape index (κ3) is 2.50. The summed E-state index contributed by atoms with van der Waals surface area (Å²) in [7, 11) is 1.66. The van der Waals surface area contributed by atoms with Gasteiger partial charge >= 0.3 is 0 Å². The molecule has 0 heterocycles. The van der Waals surface area contributed by atoms with Crippen molar-refractivity contribution in [2.24, 2.45) is 5.73 Å². The molecule has 3 heteroatoms. The lowest BCUT2D eigenvalue weighted by molar-refractivity contribution is 0.414. The normalized spacial score (nSPS) is 12.2. The Balaban J connectivity index is 2.40. The predicted octanol–water partition coefficient (Wildman–Crippen LogP) is 3.71. The molecule has 0 aliphatic rings. The van der Waals surface area contributed by atoms with Gasteiger partial charge in [0.1, 0.15) is 5.75 Å². The van der Waals surface area contributed by atoms with Crippen LogP contribution in [0.1, 0.15) is 22.7 Å². The molecule has 0 bridgehead atoms. The van der Waals surface area contributed by atoms with Crippen molar-refractivity contribution in [2.45, 2.75) is 13.0 Å². The van der Waals surface area contributed by atoms with E-state index in [2.05, 4.69) is 0 Å². The maximum absolute atomic E-state index is 6.28. The van der Waals surface area contributed by atoms with Crippen LogP contribution in [-0.2, 0) is 0 Å². The van der Waals surface area contributed by atoms with E-state index in [1.165, 1.54) is 0 Å². The summed E-state index contributed by atoms with van der Waals surface area (Å²) in [5, 5.41) is 0.695. The zero-order chi connectivity index (χ0) is 13.1. The van der Waals surface area contributed by atoms with Gasteiger partial charge in [-0.1, -0.05) is 35.9 Å². The molecule has 2 nitrogen and oxygen atoms in total. The first kappa shape index (κ1) is 12.9. The van der Waals surface area contributed by atoms with Crippen molar-refractivity contribution in [2.75, 3.05) is 7.11 Å². The molecular formula is C15H16ClNO. The fourth-order valence-electron chi connectivity index (χ4n) is 2.02. The third-order valence-electron chi connectivity index (χ3n) is 3.05. The van der Waals surface area contributed by atoms with Crippen LogP contribution in [0.4, 0.5) is 0 Å². The maximum Gasteiger partial charge on any atom is 0.119 e. The van der Waals surface area contributed by atoms with Gasteiger partial charge in [0, 0.05) is 5.02 Å². The molecule has 94 valence electrons. The second kappa shape index (κ2) is 5.42. The van der Waals surface area contributed by atoms with E-state index >= 15 is 0 Å². The van der Waals surface area contributed by atoms with Crippen molar-refractivity contribution in [3.63, 3.8) is 0 Å². The van der Waals surface area contributed by atoms with Gasteiger partial charge in [-0.2, -0.15) is 0 Å². The third-order valence-corrected chi connectivity index (χ3v) is 3.40. The number of hydrogen-bond acceptors (Lipinski definition) is 2. The molecule has 1 unspecified atom stereocenters. The Hall–Kier alpha value is -1.51. The molecule has 0 saturated carbocycles. The Bertz CT molecular complexity index is 554. The summed E-state index contributed by atoms with van der Waals surface area (Å²) in [6, 6.07) is 13.3. The summed E-state index contributed by atoms with van der Waals surface area (Å²) in [6.45, 7) is 2.02. The number of methoxy groups -OCH3 is 1. The average Bonchev–Trinajstić information content (AvgIpc) is 2.38. The molecule has 0 amide bonds. The predicted molar refractivity (Wildman–Crippen MR) is 75.2 cm³/mol. The van der Waals surface area contributed by atoms with Crippen LogP contribution in [0, 0.1) is 6.92 Å². The van der Waals surface area contributed by atoms with Gasteiger partial charge < -0.3 is 10.5 Å². The molecule has 0 saturated heterocycles. The van der Waals surface area contributed by atoms with Gasteiger partial charge in [0.05, 0.1) is 13.2 Å². The molecule has 2 N–H and O–H groups in total. The van der Waals surface area contributed by atoms with E-state index in [1.807, 2.05) is 49.4 Å². The molecule has 18 heavy (non-hydrogen) atoms. The SMILES string of the molecule is COc1ccc(C(N)c2ccccc2Cl)c(C)c1. The van der Waals surface area contributed by atoms with E-state index in [-0.39, 0.29) is 6.04 Å². The van der Waals surface area contributed by atoms with Crippen LogP contribution in [0.5, 0.6) is 5.75 Å². The fraction of sp³-hybridized carbons (Fsp3) is 0.200. The van der Waals surface area contributed by atoms with E-state index in [0.717, 1.165) is 22.4 Å². The number of benzene rings is 2. The van der Waals surface area contributed by atoms with Crippen molar-refractivity contribution in [1.82, 2.24) is 0 Å². The van der Waals surface area contributed by atoms with E-state index < -0.39 is 0 Å². The number of nitrogens with two attached hydrogens (primary N) is 1. The first-order valence-corrected chi connectivity index (χ1v) is 6.16. The van der Waals surface area contributed by atoms with Crippen molar-refractivity contribution in [3.8, 4) is 5.75 Å². The molecule has 1 atom stereocenters. The van der Waals surface area contributed by atoms with Crippen molar-refractivity contribution < 1.29 is 4.74 Å². The van der Waals surface area contributed by atoms with Crippen LogP contribution in [0.3, 0.4) is 0 Å². The molecule has 0 aliphatic carbocycles. The molecule has 2 rings (SSSR count). The van der Waals surface area contributed by atoms with Gasteiger partial charge in [-0.25, -0.2) is 0 Å². The van der Waals surface area contributed by atoms with Crippen LogP contribution in [0.2, 0.25) is 5.02 Å². The molecule has 0 aliphatic heterocycles. The lowest BCUT2D eigenvalue weighted by Gasteiger charge is -2.17. The lowest BCUT2D eigenvalue weighted by Crippen LogP contribution is -2.13. The summed E-state index contributed by atoms with van der Waals surface area (Å²) in [5.41, 5.74) is 9.38. The molecule has 0 fully saturated rings. The monoisotopic (exact) mass is 261 g/mol. The van der Waals surface area contributed by atoms with Crippen molar-refractivity contribution >= 4 is 11.6 Å². The zero-order valence-corrected chi connectivity index (χ0v) is 11.2. The summed E-state index contributed by atoms with van der Waals surface area (Å²) in [4.78, 5) is 0. The number of rotatable bonds is 3. The summed E-state index contributed by atoms with van der Waals surface area (Å²) < 4.78 is 5.19.